The van der Waals surface area contributed by atoms with Crippen LogP contribution < -0.4 is 0 Å². The van der Waals surface area contributed by atoms with Crippen LogP contribution in [0.5, 0.6) is 0 Å². The van der Waals surface area contributed by atoms with Crippen LogP contribution in [0.25, 0.3) is 0 Å². The van der Waals surface area contributed by atoms with Crippen LogP contribution in [0.4, 0.5) is 5.69 Å². The van der Waals surface area contributed by atoms with Crippen molar-refractivity contribution in [1.29, 1.82) is 0 Å². The molecule has 0 aromatic heterocycles. The smallest absolute Gasteiger partial charge is 0.317 e. The maximum absolute atomic E-state index is 13.0. The van der Waals surface area contributed by atoms with E-state index in [1.54, 1.807) is 0 Å². The number of nitro groups is 1. The normalized spacial score (nSPS) is 13.2. The van der Waals surface area contributed by atoms with Crippen molar-refractivity contribution in [3.05, 3.63) is 39.9 Å². The molecule has 0 spiro atoms. The average Bonchev–Trinajstić information content (AvgIpc) is 2.93. The number of carbonyl (C=O) groups is 4. The van der Waals surface area contributed by atoms with E-state index in [-0.39, 0.29) is 17.9 Å². The lowest BCUT2D eigenvalue weighted by molar-refractivity contribution is -0.385. The van der Waals surface area contributed by atoms with Gasteiger partial charge in [-0.2, -0.15) is 0 Å². The summed E-state index contributed by atoms with van der Waals surface area (Å²) in [6.07, 6.45) is 19.3. The molecule has 1 rings (SSSR count). The fraction of sp³-hybridized carbons (Fsp3) is 0.697. The van der Waals surface area contributed by atoms with Gasteiger partial charge in [0.2, 0.25) is 0 Å². The highest BCUT2D eigenvalue weighted by Gasteiger charge is 2.45. The van der Waals surface area contributed by atoms with Gasteiger partial charge in [-0.3, -0.25) is 29.3 Å². The second kappa shape index (κ2) is 21.6. The number of ether oxygens (including phenoxy) is 1. The van der Waals surface area contributed by atoms with Gasteiger partial charge in [-0.1, -0.05) is 115 Å². The lowest BCUT2D eigenvalue weighted by atomic mass is 9.73. The molecule has 3 unspecified atom stereocenters. The summed E-state index contributed by atoms with van der Waals surface area (Å²) in [5.41, 5.74) is -0.291. The Balaban J connectivity index is 2.50. The molecular weight excluding hydrogens is 538 g/mol. The molecule has 0 aliphatic carbocycles. The lowest BCUT2D eigenvalue weighted by Gasteiger charge is -2.28. The van der Waals surface area contributed by atoms with Gasteiger partial charge in [0.1, 0.15) is 23.4 Å². The zero-order chi connectivity index (χ0) is 31.3. The van der Waals surface area contributed by atoms with Crippen molar-refractivity contribution < 1.29 is 33.9 Å². The topological polar surface area (TPSA) is 141 Å². The van der Waals surface area contributed by atoms with Crippen LogP contribution in [0, 0.1) is 22.0 Å². The Morgan fingerprint density at radius 3 is 1.62 bits per heavy atom. The van der Waals surface area contributed by atoms with Crippen LogP contribution in [0.3, 0.4) is 0 Å². The summed E-state index contributed by atoms with van der Waals surface area (Å²) >= 11 is 0. The van der Waals surface area contributed by atoms with Crippen molar-refractivity contribution in [1.82, 2.24) is 0 Å². The minimum atomic E-state index is -1.75. The predicted molar refractivity (Wildman–Crippen MR) is 162 cm³/mol. The number of esters is 1. The van der Waals surface area contributed by atoms with E-state index in [0.29, 0.717) is 6.42 Å². The number of benzene rings is 1. The van der Waals surface area contributed by atoms with Crippen molar-refractivity contribution in [2.75, 3.05) is 6.61 Å². The summed E-state index contributed by atoms with van der Waals surface area (Å²) in [7, 11) is 0. The Morgan fingerprint density at radius 1 is 0.762 bits per heavy atom. The van der Waals surface area contributed by atoms with Crippen molar-refractivity contribution in [2.45, 2.75) is 129 Å². The van der Waals surface area contributed by atoms with Gasteiger partial charge in [0.25, 0.3) is 5.69 Å². The molecule has 0 heterocycles. The predicted octanol–water partition coefficient (Wildman–Crippen LogP) is 7.98. The van der Waals surface area contributed by atoms with E-state index >= 15 is 0 Å². The van der Waals surface area contributed by atoms with E-state index < -0.39 is 46.2 Å². The largest absolute Gasteiger partial charge is 0.481 e. The quantitative estimate of drug-likeness (QED) is 0.0398. The van der Waals surface area contributed by atoms with E-state index in [4.69, 9.17) is 4.74 Å². The van der Waals surface area contributed by atoms with Gasteiger partial charge < -0.3 is 9.84 Å². The molecule has 1 aromatic rings. The molecule has 0 saturated carbocycles. The number of Topliss-reactive ketones (excluding diaryl/α,β-unsaturated/α-hetero) is 2. The fourth-order valence-corrected chi connectivity index (χ4v) is 5.48. The van der Waals surface area contributed by atoms with E-state index in [2.05, 4.69) is 6.92 Å². The minimum absolute atomic E-state index is 0.0476. The van der Waals surface area contributed by atoms with Crippen LogP contribution in [-0.2, 0) is 23.9 Å². The third kappa shape index (κ3) is 14.2. The first-order chi connectivity index (χ1) is 20.1. The zero-order valence-corrected chi connectivity index (χ0v) is 25.8. The highest BCUT2D eigenvalue weighted by molar-refractivity contribution is 6.03. The van der Waals surface area contributed by atoms with Crippen molar-refractivity contribution >= 4 is 29.2 Å². The number of carboxylic acid groups (broad SMARTS) is 1. The van der Waals surface area contributed by atoms with Gasteiger partial charge in [0.15, 0.2) is 0 Å². The highest BCUT2D eigenvalue weighted by Crippen LogP contribution is 2.36. The molecule has 236 valence electrons. The van der Waals surface area contributed by atoms with E-state index in [9.17, 15) is 34.4 Å². The van der Waals surface area contributed by atoms with Gasteiger partial charge >= 0.3 is 11.9 Å². The van der Waals surface area contributed by atoms with Crippen LogP contribution in [0.2, 0.25) is 0 Å². The Labute approximate surface area is 250 Å². The first kappa shape index (κ1) is 36.9. The zero-order valence-electron chi connectivity index (χ0n) is 25.8. The SMILES string of the molecule is CCCCCCCCCCCCCCCCCCOC(=O)C(C(C)=O)C(c1cccc([N+](=O)[O-])c1)C(C(C)=O)C(=O)O. The molecular formula is C33H51NO8. The van der Waals surface area contributed by atoms with Gasteiger partial charge in [-0.25, -0.2) is 0 Å². The Morgan fingerprint density at radius 2 is 1.21 bits per heavy atom. The summed E-state index contributed by atoms with van der Waals surface area (Å²) < 4.78 is 5.38. The molecule has 0 amide bonds. The Kier molecular flexibility index (Phi) is 19.0. The Bertz CT molecular complexity index is 978. The van der Waals surface area contributed by atoms with Gasteiger partial charge in [-0.15, -0.1) is 0 Å². The van der Waals surface area contributed by atoms with E-state index in [1.165, 1.54) is 95.2 Å². The van der Waals surface area contributed by atoms with E-state index in [1.807, 2.05) is 0 Å². The standard InChI is InChI=1S/C33H51NO8/c1-4-5-6-7-8-9-10-11-12-13-14-15-16-17-18-19-23-42-33(39)30(26(3)36)31(29(25(2)35)32(37)38)27-21-20-22-28(24-27)34(40)41/h20-22,24,29-31H,4-19,23H2,1-3H3,(H,37,38). The van der Waals surface area contributed by atoms with Gasteiger partial charge in [0, 0.05) is 18.1 Å². The number of nitro benzene ring substituents is 1. The first-order valence-corrected chi connectivity index (χ1v) is 15.8. The summed E-state index contributed by atoms with van der Waals surface area (Å²) in [5.74, 6) is -8.65. The van der Waals surface area contributed by atoms with Crippen LogP contribution in [0.15, 0.2) is 24.3 Å². The summed E-state index contributed by atoms with van der Waals surface area (Å²) in [5, 5.41) is 21.1. The van der Waals surface area contributed by atoms with Crippen molar-refractivity contribution in [2.24, 2.45) is 11.8 Å². The first-order valence-electron chi connectivity index (χ1n) is 15.8. The Hall–Kier alpha value is -3.10. The van der Waals surface area contributed by atoms with Crippen LogP contribution in [0.1, 0.15) is 135 Å². The number of nitrogens with zero attached hydrogens (tertiary/aromatic N) is 1. The minimum Gasteiger partial charge on any atom is -0.481 e. The van der Waals surface area contributed by atoms with Crippen LogP contribution >= 0.6 is 0 Å². The number of rotatable bonds is 25. The van der Waals surface area contributed by atoms with Gasteiger partial charge in [-0.05, 0) is 25.8 Å². The monoisotopic (exact) mass is 589 g/mol. The second-order valence-electron chi connectivity index (χ2n) is 11.4. The molecule has 42 heavy (non-hydrogen) atoms. The van der Waals surface area contributed by atoms with E-state index in [0.717, 1.165) is 39.2 Å². The maximum Gasteiger partial charge on any atom is 0.317 e. The number of carbonyl (C=O) groups excluding carboxylic acids is 3. The molecule has 0 aliphatic heterocycles. The van der Waals surface area contributed by atoms with Crippen LogP contribution in [-0.4, -0.2) is 40.1 Å². The number of ketones is 2. The number of hydrogen-bond donors (Lipinski definition) is 1. The summed E-state index contributed by atoms with van der Waals surface area (Å²) in [6.45, 7) is 4.50. The third-order valence-electron chi connectivity index (χ3n) is 7.82. The summed E-state index contributed by atoms with van der Waals surface area (Å²) in [6, 6.07) is 5.03. The average molecular weight is 590 g/mol. The molecule has 9 heteroatoms. The number of unbranched alkanes of at least 4 members (excludes halogenated alkanes) is 15. The van der Waals surface area contributed by atoms with Crippen molar-refractivity contribution in [3.8, 4) is 0 Å². The third-order valence-corrected chi connectivity index (χ3v) is 7.82. The lowest BCUT2D eigenvalue weighted by Crippen LogP contribution is -2.40. The molecule has 1 aromatic carbocycles. The molecule has 0 radical (unpaired) electrons. The molecule has 0 fully saturated rings. The summed E-state index contributed by atoms with van der Waals surface area (Å²) in [4.78, 5) is 60.6. The number of non-ortho nitro benzene ring substituents is 1. The molecule has 0 aliphatic rings. The molecule has 3 atom stereocenters. The number of aliphatic carboxylic acids is 1. The second-order valence-corrected chi connectivity index (χ2v) is 11.4. The number of hydrogen-bond acceptors (Lipinski definition) is 7. The molecule has 9 nitrogen and oxygen atoms in total. The molecule has 0 bridgehead atoms. The number of carboxylic acids is 1. The highest BCUT2D eigenvalue weighted by atomic mass is 16.6. The maximum atomic E-state index is 13.0. The van der Waals surface area contributed by atoms with Crippen molar-refractivity contribution in [3.63, 3.8) is 0 Å². The molecule has 0 saturated heterocycles. The molecule has 1 N–H and O–H groups in total. The fourth-order valence-electron chi connectivity index (χ4n) is 5.48. The van der Waals surface area contributed by atoms with Gasteiger partial charge in [0.05, 0.1) is 11.5 Å².